The molecule has 1 saturated carbocycles. The zero-order chi connectivity index (χ0) is 14.1. The molecule has 1 amide bonds. The molecule has 2 fully saturated rings. The molecule has 1 N–H and O–H groups in total. The van der Waals surface area contributed by atoms with Crippen molar-refractivity contribution in [1.29, 1.82) is 0 Å². The minimum absolute atomic E-state index is 0.0745. The number of nitro benzene ring substituents is 1. The van der Waals surface area contributed by atoms with Crippen molar-refractivity contribution in [2.24, 2.45) is 0 Å². The van der Waals surface area contributed by atoms with Gasteiger partial charge in [0, 0.05) is 18.2 Å². The Morgan fingerprint density at radius 2 is 1.85 bits per heavy atom. The van der Waals surface area contributed by atoms with Crippen molar-refractivity contribution in [2.45, 2.75) is 37.9 Å². The van der Waals surface area contributed by atoms with Crippen LogP contribution in [-0.2, 0) is 4.79 Å². The standard InChI is InChI=1S/C14H17N3O3/c18-13-9-15-14(16(13)11-3-1-2-4-11)10-5-7-12(8-6-10)17(19)20/h5-8,11,14-15H,1-4,9H2. The summed E-state index contributed by atoms with van der Waals surface area (Å²) in [4.78, 5) is 24.3. The maximum atomic E-state index is 12.1. The van der Waals surface area contributed by atoms with E-state index in [0.29, 0.717) is 12.6 Å². The zero-order valence-corrected chi connectivity index (χ0v) is 11.1. The smallest absolute Gasteiger partial charge is 0.269 e. The van der Waals surface area contributed by atoms with Gasteiger partial charge < -0.3 is 4.90 Å². The third kappa shape index (κ3) is 2.27. The minimum Gasteiger partial charge on any atom is -0.319 e. The summed E-state index contributed by atoms with van der Waals surface area (Å²) in [7, 11) is 0. The lowest BCUT2D eigenvalue weighted by molar-refractivity contribution is -0.384. The van der Waals surface area contributed by atoms with Crippen LogP contribution in [0.25, 0.3) is 0 Å². The van der Waals surface area contributed by atoms with Crippen LogP contribution in [-0.4, -0.2) is 28.3 Å². The van der Waals surface area contributed by atoms with Crippen molar-refractivity contribution in [3.8, 4) is 0 Å². The summed E-state index contributed by atoms with van der Waals surface area (Å²) in [6.07, 6.45) is 4.29. The molecule has 2 aliphatic rings. The highest BCUT2D eigenvalue weighted by atomic mass is 16.6. The van der Waals surface area contributed by atoms with Crippen LogP contribution >= 0.6 is 0 Å². The molecule has 6 heteroatoms. The molecule has 1 aromatic rings. The van der Waals surface area contributed by atoms with Gasteiger partial charge in [-0.2, -0.15) is 0 Å². The number of nitro groups is 1. The van der Waals surface area contributed by atoms with Gasteiger partial charge in [-0.15, -0.1) is 0 Å². The van der Waals surface area contributed by atoms with Gasteiger partial charge in [0.05, 0.1) is 11.5 Å². The number of benzene rings is 1. The van der Waals surface area contributed by atoms with E-state index in [0.717, 1.165) is 18.4 Å². The van der Waals surface area contributed by atoms with Crippen LogP contribution in [0.15, 0.2) is 24.3 Å². The van der Waals surface area contributed by atoms with Gasteiger partial charge in [-0.3, -0.25) is 20.2 Å². The van der Waals surface area contributed by atoms with Crippen molar-refractivity contribution in [3.63, 3.8) is 0 Å². The SMILES string of the molecule is O=C1CNC(c2ccc([N+](=O)[O-])cc2)N1C1CCCC1. The second-order valence-electron chi connectivity index (χ2n) is 5.37. The van der Waals surface area contributed by atoms with Crippen LogP contribution in [0, 0.1) is 10.1 Å². The summed E-state index contributed by atoms with van der Waals surface area (Å²) in [6.45, 7) is 0.345. The Morgan fingerprint density at radius 1 is 1.20 bits per heavy atom. The van der Waals surface area contributed by atoms with Crippen LogP contribution in [0.2, 0.25) is 0 Å². The molecule has 1 saturated heterocycles. The molecule has 6 nitrogen and oxygen atoms in total. The third-order valence-electron chi connectivity index (χ3n) is 4.15. The molecule has 0 radical (unpaired) electrons. The van der Waals surface area contributed by atoms with Gasteiger partial charge in [-0.1, -0.05) is 12.8 Å². The molecule has 1 aliphatic carbocycles. The molecule has 1 aromatic carbocycles. The molecular weight excluding hydrogens is 258 g/mol. The Bertz CT molecular complexity index is 523. The Kier molecular flexibility index (Phi) is 3.40. The largest absolute Gasteiger partial charge is 0.319 e. The number of amides is 1. The van der Waals surface area contributed by atoms with Gasteiger partial charge in [-0.05, 0) is 30.5 Å². The van der Waals surface area contributed by atoms with Gasteiger partial charge in [0.25, 0.3) is 5.69 Å². The van der Waals surface area contributed by atoms with E-state index in [9.17, 15) is 14.9 Å². The second-order valence-corrected chi connectivity index (χ2v) is 5.37. The molecule has 1 aliphatic heterocycles. The quantitative estimate of drug-likeness (QED) is 0.676. The third-order valence-corrected chi connectivity index (χ3v) is 4.15. The van der Waals surface area contributed by atoms with E-state index >= 15 is 0 Å². The summed E-state index contributed by atoms with van der Waals surface area (Å²) in [6, 6.07) is 6.75. The Morgan fingerprint density at radius 3 is 2.45 bits per heavy atom. The highest BCUT2D eigenvalue weighted by molar-refractivity contribution is 5.81. The van der Waals surface area contributed by atoms with Crippen LogP contribution in [0.5, 0.6) is 0 Å². The predicted octanol–water partition coefficient (Wildman–Crippen LogP) is 1.97. The number of carbonyl (C=O) groups is 1. The van der Waals surface area contributed by atoms with Crippen LogP contribution in [0.3, 0.4) is 0 Å². The molecule has 106 valence electrons. The van der Waals surface area contributed by atoms with Crippen molar-refractivity contribution in [2.75, 3.05) is 6.54 Å². The molecular formula is C14H17N3O3. The van der Waals surface area contributed by atoms with E-state index in [1.54, 1.807) is 12.1 Å². The fraction of sp³-hybridized carbons (Fsp3) is 0.500. The molecule has 0 aromatic heterocycles. The van der Waals surface area contributed by atoms with Crippen LogP contribution in [0.1, 0.15) is 37.4 Å². The van der Waals surface area contributed by atoms with Gasteiger partial charge in [0.1, 0.15) is 6.17 Å². The first-order valence-electron chi connectivity index (χ1n) is 6.96. The summed E-state index contributed by atoms with van der Waals surface area (Å²) in [5.74, 6) is 0.125. The van der Waals surface area contributed by atoms with E-state index in [4.69, 9.17) is 0 Å². The van der Waals surface area contributed by atoms with Gasteiger partial charge in [0.2, 0.25) is 5.91 Å². The molecule has 1 atom stereocenters. The molecule has 3 rings (SSSR count). The number of nitrogens with one attached hydrogen (secondary N) is 1. The van der Waals surface area contributed by atoms with E-state index in [-0.39, 0.29) is 17.8 Å². The first-order chi connectivity index (χ1) is 9.66. The zero-order valence-electron chi connectivity index (χ0n) is 11.1. The summed E-state index contributed by atoms with van der Waals surface area (Å²) < 4.78 is 0. The molecule has 1 unspecified atom stereocenters. The average molecular weight is 275 g/mol. The lowest BCUT2D eigenvalue weighted by atomic mass is 10.1. The van der Waals surface area contributed by atoms with E-state index in [1.165, 1.54) is 25.0 Å². The lowest BCUT2D eigenvalue weighted by Gasteiger charge is -2.30. The topological polar surface area (TPSA) is 75.5 Å². The monoisotopic (exact) mass is 275 g/mol. The van der Waals surface area contributed by atoms with Crippen LogP contribution in [0.4, 0.5) is 5.69 Å². The number of carbonyl (C=O) groups excluding carboxylic acids is 1. The normalized spacial score (nSPS) is 23.5. The Labute approximate surface area is 116 Å². The van der Waals surface area contributed by atoms with Gasteiger partial charge >= 0.3 is 0 Å². The Balaban J connectivity index is 1.84. The van der Waals surface area contributed by atoms with Crippen molar-refractivity contribution in [3.05, 3.63) is 39.9 Å². The van der Waals surface area contributed by atoms with E-state index < -0.39 is 4.92 Å². The second kappa shape index (κ2) is 5.20. The first-order valence-corrected chi connectivity index (χ1v) is 6.96. The van der Waals surface area contributed by atoms with E-state index in [1.807, 2.05) is 4.90 Å². The highest BCUT2D eigenvalue weighted by Gasteiger charge is 2.37. The summed E-state index contributed by atoms with van der Waals surface area (Å²) in [5, 5.41) is 13.9. The number of rotatable bonds is 3. The number of non-ortho nitro benzene ring substituents is 1. The predicted molar refractivity (Wildman–Crippen MR) is 72.9 cm³/mol. The maximum Gasteiger partial charge on any atom is 0.269 e. The van der Waals surface area contributed by atoms with E-state index in [2.05, 4.69) is 5.32 Å². The molecule has 1 heterocycles. The maximum absolute atomic E-state index is 12.1. The minimum atomic E-state index is -0.411. The van der Waals surface area contributed by atoms with Gasteiger partial charge in [-0.25, -0.2) is 0 Å². The Hall–Kier alpha value is -1.95. The number of hydrogen-bond acceptors (Lipinski definition) is 4. The summed E-state index contributed by atoms with van der Waals surface area (Å²) in [5.41, 5.74) is 0.985. The van der Waals surface area contributed by atoms with Gasteiger partial charge in [0.15, 0.2) is 0 Å². The van der Waals surface area contributed by atoms with Crippen molar-refractivity contribution < 1.29 is 9.72 Å². The summed E-state index contributed by atoms with van der Waals surface area (Å²) >= 11 is 0. The first kappa shape index (κ1) is 13.1. The molecule has 0 bridgehead atoms. The number of hydrogen-bond donors (Lipinski definition) is 1. The fourth-order valence-electron chi connectivity index (χ4n) is 3.17. The fourth-order valence-corrected chi connectivity index (χ4v) is 3.17. The average Bonchev–Trinajstić information content (AvgIpc) is 3.07. The molecule has 20 heavy (non-hydrogen) atoms. The number of nitrogens with zero attached hydrogens (tertiary/aromatic N) is 2. The van der Waals surface area contributed by atoms with Crippen LogP contribution < -0.4 is 5.32 Å². The highest BCUT2D eigenvalue weighted by Crippen LogP contribution is 2.32. The van der Waals surface area contributed by atoms with Crippen molar-refractivity contribution in [1.82, 2.24) is 10.2 Å². The molecule has 0 spiro atoms. The lowest BCUT2D eigenvalue weighted by Crippen LogP contribution is -2.38. The van der Waals surface area contributed by atoms with Crippen molar-refractivity contribution >= 4 is 11.6 Å².